The molecule has 84 valence electrons. The number of benzene rings is 1. The third-order valence-corrected chi connectivity index (χ3v) is 2.50. The average molecular weight is 222 g/mol. The summed E-state index contributed by atoms with van der Waals surface area (Å²) in [7, 11) is 0. The van der Waals surface area contributed by atoms with Crippen LogP contribution in [0, 0.1) is 10.1 Å². The fraction of sp³-hybridized carbons (Fsp3) is 0.273. The molecule has 0 spiro atoms. The normalized spacial score (nSPS) is 10.8. The van der Waals surface area contributed by atoms with E-state index in [1.165, 1.54) is 6.07 Å². The fourth-order valence-electron chi connectivity index (χ4n) is 1.80. The van der Waals surface area contributed by atoms with Crippen molar-refractivity contribution in [2.24, 2.45) is 0 Å². The van der Waals surface area contributed by atoms with E-state index in [4.69, 9.17) is 0 Å². The topological polar surface area (TPSA) is 48.1 Å². The van der Waals surface area contributed by atoms with Gasteiger partial charge in [0.2, 0.25) is 0 Å². The van der Waals surface area contributed by atoms with Gasteiger partial charge in [0.05, 0.1) is 11.6 Å². The van der Waals surface area contributed by atoms with Crippen molar-refractivity contribution in [3.63, 3.8) is 0 Å². The minimum absolute atomic E-state index is 0.0707. The molecule has 1 heterocycles. The summed E-state index contributed by atoms with van der Waals surface area (Å²) < 4.78 is 13.8. The van der Waals surface area contributed by atoms with Crippen molar-refractivity contribution in [3.8, 4) is 0 Å². The maximum Gasteiger partial charge on any atom is 0.293 e. The third-order valence-electron chi connectivity index (χ3n) is 2.50. The summed E-state index contributed by atoms with van der Waals surface area (Å²) in [6.45, 7) is 0.0468. The lowest BCUT2D eigenvalue weighted by molar-refractivity contribution is -0.383. The Morgan fingerprint density at radius 1 is 1.38 bits per heavy atom. The Labute approximate surface area is 91.4 Å². The summed E-state index contributed by atoms with van der Waals surface area (Å²) in [5.41, 5.74) is 0.641. The number of aryl methyl sites for hydroxylation is 1. The standard InChI is InChI=1S/C11H11FN2O2/c12-6-2-7-13-8-5-9-3-1-4-10(11(9)13)14(15)16/h1,3-5,8H,2,6-7H2. The Morgan fingerprint density at radius 2 is 2.19 bits per heavy atom. The quantitative estimate of drug-likeness (QED) is 0.589. The van der Waals surface area contributed by atoms with E-state index in [9.17, 15) is 14.5 Å². The van der Waals surface area contributed by atoms with Crippen molar-refractivity contribution < 1.29 is 9.31 Å². The summed E-state index contributed by atoms with van der Waals surface area (Å²) in [5, 5.41) is 11.7. The van der Waals surface area contributed by atoms with Crippen molar-refractivity contribution in [2.45, 2.75) is 13.0 Å². The summed E-state index contributed by atoms with van der Waals surface area (Å²) in [5.74, 6) is 0. The predicted molar refractivity (Wildman–Crippen MR) is 59.2 cm³/mol. The molecule has 0 fully saturated rings. The largest absolute Gasteiger partial charge is 0.342 e. The van der Waals surface area contributed by atoms with Crippen molar-refractivity contribution in [3.05, 3.63) is 40.6 Å². The first-order chi connectivity index (χ1) is 7.74. The van der Waals surface area contributed by atoms with E-state index in [0.29, 0.717) is 18.5 Å². The molecule has 0 aliphatic heterocycles. The zero-order chi connectivity index (χ0) is 11.5. The van der Waals surface area contributed by atoms with Crippen LogP contribution in [0.2, 0.25) is 0 Å². The number of alkyl halides is 1. The molecule has 0 amide bonds. The number of hydrogen-bond acceptors (Lipinski definition) is 2. The van der Waals surface area contributed by atoms with Gasteiger partial charge in [-0.05, 0) is 12.5 Å². The minimum atomic E-state index is -0.416. The SMILES string of the molecule is O=[N+]([O-])c1cccc2ccn(CCCF)c12. The summed E-state index contributed by atoms with van der Waals surface area (Å²) >= 11 is 0. The summed E-state index contributed by atoms with van der Waals surface area (Å²) in [6, 6.07) is 6.74. The summed E-state index contributed by atoms with van der Waals surface area (Å²) in [6.07, 6.45) is 2.13. The molecular formula is C11H11FN2O2. The van der Waals surface area contributed by atoms with Crippen LogP contribution in [0.1, 0.15) is 6.42 Å². The number of non-ortho nitro benzene ring substituents is 1. The number of nitro benzene ring substituents is 1. The molecule has 0 aliphatic rings. The lowest BCUT2D eigenvalue weighted by Crippen LogP contribution is -1.99. The first kappa shape index (κ1) is 10.6. The first-order valence-electron chi connectivity index (χ1n) is 5.02. The van der Waals surface area contributed by atoms with Crippen molar-refractivity contribution in [2.75, 3.05) is 6.67 Å². The smallest absolute Gasteiger partial charge is 0.293 e. The second kappa shape index (κ2) is 4.30. The molecular weight excluding hydrogens is 211 g/mol. The number of para-hydroxylation sites is 1. The fourth-order valence-corrected chi connectivity index (χ4v) is 1.80. The number of aromatic nitrogens is 1. The van der Waals surface area contributed by atoms with Crippen molar-refractivity contribution >= 4 is 16.6 Å². The Morgan fingerprint density at radius 3 is 2.88 bits per heavy atom. The van der Waals surface area contributed by atoms with E-state index in [1.54, 1.807) is 22.9 Å². The van der Waals surface area contributed by atoms with Crippen LogP contribution >= 0.6 is 0 Å². The third kappa shape index (κ3) is 1.76. The molecule has 0 unspecified atom stereocenters. The van der Waals surface area contributed by atoms with E-state index in [1.807, 2.05) is 6.07 Å². The lowest BCUT2D eigenvalue weighted by Gasteiger charge is -2.03. The molecule has 1 aromatic carbocycles. The predicted octanol–water partition coefficient (Wildman–Crippen LogP) is 2.91. The molecule has 0 bridgehead atoms. The highest BCUT2D eigenvalue weighted by atomic mass is 19.1. The minimum Gasteiger partial charge on any atom is -0.342 e. The van der Waals surface area contributed by atoms with Gasteiger partial charge in [-0.15, -0.1) is 0 Å². The van der Waals surface area contributed by atoms with E-state index < -0.39 is 11.6 Å². The Kier molecular flexibility index (Phi) is 2.85. The molecule has 0 saturated heterocycles. The van der Waals surface area contributed by atoms with E-state index in [-0.39, 0.29) is 5.69 Å². The maximum atomic E-state index is 12.1. The Bertz CT molecular complexity index is 522. The number of fused-ring (bicyclic) bond motifs is 1. The Balaban J connectivity index is 2.54. The van der Waals surface area contributed by atoms with Crippen LogP contribution < -0.4 is 0 Å². The molecule has 0 radical (unpaired) electrons. The van der Waals surface area contributed by atoms with Gasteiger partial charge in [-0.25, -0.2) is 0 Å². The van der Waals surface area contributed by atoms with Gasteiger partial charge in [0, 0.05) is 24.2 Å². The van der Waals surface area contributed by atoms with Crippen LogP contribution in [0.15, 0.2) is 30.5 Å². The van der Waals surface area contributed by atoms with Gasteiger partial charge in [0.15, 0.2) is 0 Å². The molecule has 1 aromatic heterocycles. The number of rotatable bonds is 4. The van der Waals surface area contributed by atoms with Crippen molar-refractivity contribution in [1.82, 2.24) is 4.57 Å². The number of nitrogens with zero attached hydrogens (tertiary/aromatic N) is 2. The van der Waals surface area contributed by atoms with Crippen LogP contribution in [-0.4, -0.2) is 16.2 Å². The second-order valence-corrected chi connectivity index (χ2v) is 3.52. The molecule has 4 nitrogen and oxygen atoms in total. The molecule has 2 rings (SSSR count). The molecule has 5 heteroatoms. The van der Waals surface area contributed by atoms with Crippen LogP contribution in [-0.2, 0) is 6.54 Å². The first-order valence-corrected chi connectivity index (χ1v) is 5.02. The van der Waals surface area contributed by atoms with Gasteiger partial charge in [-0.1, -0.05) is 12.1 Å². The van der Waals surface area contributed by atoms with Gasteiger partial charge in [0.1, 0.15) is 5.52 Å². The van der Waals surface area contributed by atoms with Crippen LogP contribution in [0.4, 0.5) is 10.1 Å². The van der Waals surface area contributed by atoms with E-state index in [2.05, 4.69) is 0 Å². The van der Waals surface area contributed by atoms with Crippen LogP contribution in [0.5, 0.6) is 0 Å². The highest BCUT2D eigenvalue weighted by molar-refractivity contribution is 5.88. The molecule has 0 atom stereocenters. The van der Waals surface area contributed by atoms with Crippen molar-refractivity contribution in [1.29, 1.82) is 0 Å². The van der Waals surface area contributed by atoms with Gasteiger partial charge >= 0.3 is 0 Å². The highest BCUT2D eigenvalue weighted by Gasteiger charge is 2.14. The van der Waals surface area contributed by atoms with Crippen LogP contribution in [0.3, 0.4) is 0 Å². The summed E-state index contributed by atoms with van der Waals surface area (Å²) in [4.78, 5) is 10.4. The van der Waals surface area contributed by atoms with Gasteiger partial charge in [0.25, 0.3) is 5.69 Å². The zero-order valence-corrected chi connectivity index (χ0v) is 8.60. The van der Waals surface area contributed by atoms with Crippen LogP contribution in [0.25, 0.3) is 10.9 Å². The lowest BCUT2D eigenvalue weighted by atomic mass is 10.2. The zero-order valence-electron chi connectivity index (χ0n) is 8.60. The number of halogens is 1. The maximum absolute atomic E-state index is 12.1. The van der Waals surface area contributed by atoms with Gasteiger partial charge < -0.3 is 4.57 Å². The van der Waals surface area contributed by atoms with E-state index >= 15 is 0 Å². The molecule has 2 aromatic rings. The van der Waals surface area contributed by atoms with Gasteiger partial charge in [-0.3, -0.25) is 14.5 Å². The monoisotopic (exact) mass is 222 g/mol. The molecule has 0 saturated carbocycles. The van der Waals surface area contributed by atoms with E-state index in [0.717, 1.165) is 5.39 Å². The second-order valence-electron chi connectivity index (χ2n) is 3.52. The number of hydrogen-bond donors (Lipinski definition) is 0. The highest BCUT2D eigenvalue weighted by Crippen LogP contribution is 2.26. The average Bonchev–Trinajstić information content (AvgIpc) is 2.69. The molecule has 16 heavy (non-hydrogen) atoms. The van der Waals surface area contributed by atoms with Gasteiger partial charge in [-0.2, -0.15) is 0 Å². The number of nitro groups is 1. The molecule has 0 N–H and O–H groups in total. The molecule has 0 aliphatic carbocycles. The Hall–Kier alpha value is -1.91.